The van der Waals surface area contributed by atoms with Gasteiger partial charge in [-0.3, -0.25) is 0 Å². The van der Waals surface area contributed by atoms with Gasteiger partial charge in [0.25, 0.3) is 0 Å². The van der Waals surface area contributed by atoms with Crippen molar-refractivity contribution in [3.05, 3.63) is 0 Å². The second kappa shape index (κ2) is 5.05. The number of nitrogens with one attached hydrogen (secondary N) is 1. The Kier molecular flexibility index (Phi) is 3.91. The first-order valence-electron chi connectivity index (χ1n) is 6.89. The number of methoxy groups -OCH3 is 1. The van der Waals surface area contributed by atoms with Crippen LogP contribution < -0.4 is 5.32 Å². The fourth-order valence-corrected chi connectivity index (χ4v) is 2.87. The van der Waals surface area contributed by atoms with Crippen molar-refractivity contribution in [2.45, 2.75) is 64.0 Å². The molecule has 2 nitrogen and oxygen atoms in total. The molecule has 0 saturated heterocycles. The van der Waals surface area contributed by atoms with E-state index >= 15 is 0 Å². The van der Waals surface area contributed by atoms with Gasteiger partial charge in [0.2, 0.25) is 0 Å². The maximum Gasteiger partial charge on any atom is 0.0746 e. The van der Waals surface area contributed by atoms with Crippen molar-refractivity contribution in [1.29, 1.82) is 0 Å². The molecule has 2 saturated carbocycles. The van der Waals surface area contributed by atoms with Crippen molar-refractivity contribution >= 4 is 0 Å². The molecule has 16 heavy (non-hydrogen) atoms. The minimum absolute atomic E-state index is 0.0213. The van der Waals surface area contributed by atoms with Gasteiger partial charge in [-0.1, -0.05) is 12.8 Å². The van der Waals surface area contributed by atoms with Gasteiger partial charge in [0.15, 0.2) is 0 Å². The van der Waals surface area contributed by atoms with Gasteiger partial charge < -0.3 is 10.1 Å². The maximum absolute atomic E-state index is 5.45. The minimum atomic E-state index is -0.0213. The van der Waals surface area contributed by atoms with Crippen molar-refractivity contribution in [3.63, 3.8) is 0 Å². The Morgan fingerprint density at radius 2 is 1.88 bits per heavy atom. The van der Waals surface area contributed by atoms with E-state index in [0.29, 0.717) is 0 Å². The van der Waals surface area contributed by atoms with Crippen molar-refractivity contribution in [1.82, 2.24) is 5.32 Å². The first kappa shape index (κ1) is 12.4. The monoisotopic (exact) mass is 225 g/mol. The van der Waals surface area contributed by atoms with Crippen molar-refractivity contribution in [2.24, 2.45) is 11.8 Å². The molecule has 2 atom stereocenters. The van der Waals surface area contributed by atoms with Crippen LogP contribution in [-0.2, 0) is 4.74 Å². The first-order chi connectivity index (χ1) is 7.61. The highest BCUT2D eigenvalue weighted by Crippen LogP contribution is 2.43. The lowest BCUT2D eigenvalue weighted by molar-refractivity contribution is 0.0191. The fraction of sp³-hybridized carbons (Fsp3) is 1.00. The van der Waals surface area contributed by atoms with Gasteiger partial charge in [-0.25, -0.2) is 0 Å². The van der Waals surface area contributed by atoms with Gasteiger partial charge in [0.05, 0.1) is 5.60 Å². The SMILES string of the molecule is COC(C)(C)CNC1CCCC(C2CC2)C1. The van der Waals surface area contributed by atoms with E-state index in [4.69, 9.17) is 4.74 Å². The fourth-order valence-electron chi connectivity index (χ4n) is 2.87. The van der Waals surface area contributed by atoms with Crippen LogP contribution in [0.3, 0.4) is 0 Å². The quantitative estimate of drug-likeness (QED) is 0.776. The van der Waals surface area contributed by atoms with Gasteiger partial charge in [0.1, 0.15) is 0 Å². The normalized spacial score (nSPS) is 31.7. The highest BCUT2D eigenvalue weighted by Gasteiger charge is 2.34. The Morgan fingerprint density at radius 1 is 1.12 bits per heavy atom. The van der Waals surface area contributed by atoms with Crippen molar-refractivity contribution in [3.8, 4) is 0 Å². The van der Waals surface area contributed by atoms with E-state index in [-0.39, 0.29) is 5.60 Å². The molecule has 0 aromatic heterocycles. The highest BCUT2D eigenvalue weighted by molar-refractivity contribution is 4.88. The summed E-state index contributed by atoms with van der Waals surface area (Å²) < 4.78 is 5.45. The van der Waals surface area contributed by atoms with Gasteiger partial charge in [-0.15, -0.1) is 0 Å². The molecular formula is C14H27NO. The van der Waals surface area contributed by atoms with Gasteiger partial charge in [-0.05, 0) is 51.4 Å². The summed E-state index contributed by atoms with van der Waals surface area (Å²) in [4.78, 5) is 0. The molecular weight excluding hydrogens is 198 g/mol. The van der Waals surface area contributed by atoms with Crippen LogP contribution in [0.4, 0.5) is 0 Å². The second-order valence-corrected chi connectivity index (χ2v) is 6.31. The zero-order chi connectivity index (χ0) is 11.6. The molecule has 0 spiro atoms. The zero-order valence-electron chi connectivity index (χ0n) is 11.1. The molecule has 0 radical (unpaired) electrons. The van der Waals surface area contributed by atoms with Crippen molar-refractivity contribution < 1.29 is 4.74 Å². The standard InChI is InChI=1S/C14H27NO/c1-14(2,16-3)10-15-13-6-4-5-12(9-13)11-7-8-11/h11-13,15H,4-10H2,1-3H3. The van der Waals surface area contributed by atoms with E-state index in [0.717, 1.165) is 24.4 Å². The number of rotatable bonds is 5. The summed E-state index contributed by atoms with van der Waals surface area (Å²) in [7, 11) is 1.80. The Labute approximate surface area is 100 Å². The van der Waals surface area contributed by atoms with E-state index < -0.39 is 0 Å². The first-order valence-corrected chi connectivity index (χ1v) is 6.89. The van der Waals surface area contributed by atoms with Crippen molar-refractivity contribution in [2.75, 3.05) is 13.7 Å². The third-order valence-electron chi connectivity index (χ3n) is 4.37. The average molecular weight is 225 g/mol. The molecule has 0 heterocycles. The predicted molar refractivity (Wildman–Crippen MR) is 67.6 cm³/mol. The summed E-state index contributed by atoms with van der Waals surface area (Å²) in [5.41, 5.74) is -0.0213. The lowest BCUT2D eigenvalue weighted by Gasteiger charge is -2.33. The van der Waals surface area contributed by atoms with E-state index in [9.17, 15) is 0 Å². The van der Waals surface area contributed by atoms with Crippen LogP contribution in [0.25, 0.3) is 0 Å². The molecule has 0 aromatic rings. The third-order valence-corrected chi connectivity index (χ3v) is 4.37. The molecule has 2 rings (SSSR count). The summed E-state index contributed by atoms with van der Waals surface area (Å²) in [6.07, 6.45) is 8.68. The average Bonchev–Trinajstić information content (AvgIpc) is 3.11. The van der Waals surface area contributed by atoms with E-state index in [1.807, 2.05) is 0 Å². The molecule has 2 fully saturated rings. The Bertz CT molecular complexity index is 223. The lowest BCUT2D eigenvalue weighted by atomic mass is 9.82. The molecule has 2 heteroatoms. The molecule has 0 aliphatic heterocycles. The molecule has 2 unspecified atom stereocenters. The second-order valence-electron chi connectivity index (χ2n) is 6.31. The summed E-state index contributed by atoms with van der Waals surface area (Å²) >= 11 is 0. The van der Waals surface area contributed by atoms with Crippen LogP contribution in [-0.4, -0.2) is 25.3 Å². The Hall–Kier alpha value is -0.0800. The molecule has 1 N–H and O–H groups in total. The van der Waals surface area contributed by atoms with Crippen LogP contribution in [0, 0.1) is 11.8 Å². The highest BCUT2D eigenvalue weighted by atomic mass is 16.5. The Balaban J connectivity index is 1.72. The lowest BCUT2D eigenvalue weighted by Crippen LogP contribution is -2.43. The van der Waals surface area contributed by atoms with Crippen LogP contribution >= 0.6 is 0 Å². The zero-order valence-corrected chi connectivity index (χ0v) is 11.1. The minimum Gasteiger partial charge on any atom is -0.377 e. The summed E-state index contributed by atoms with van der Waals surface area (Å²) in [6.45, 7) is 5.29. The van der Waals surface area contributed by atoms with Crippen LogP contribution in [0.2, 0.25) is 0 Å². The third kappa shape index (κ3) is 3.46. The predicted octanol–water partition coefficient (Wildman–Crippen LogP) is 2.97. The Morgan fingerprint density at radius 3 is 2.50 bits per heavy atom. The van der Waals surface area contributed by atoms with E-state index in [1.54, 1.807) is 7.11 Å². The summed E-state index contributed by atoms with van der Waals surface area (Å²) in [5, 5.41) is 3.70. The van der Waals surface area contributed by atoms with Crippen LogP contribution in [0.15, 0.2) is 0 Å². The molecule has 2 aliphatic rings. The summed E-state index contributed by atoms with van der Waals surface area (Å²) in [5.74, 6) is 2.11. The smallest absolute Gasteiger partial charge is 0.0746 e. The molecule has 0 bridgehead atoms. The van der Waals surface area contributed by atoms with Gasteiger partial charge in [-0.2, -0.15) is 0 Å². The van der Waals surface area contributed by atoms with E-state index in [1.165, 1.54) is 38.5 Å². The van der Waals surface area contributed by atoms with Gasteiger partial charge >= 0.3 is 0 Å². The molecule has 0 amide bonds. The summed E-state index contributed by atoms with van der Waals surface area (Å²) in [6, 6.07) is 0.744. The molecule has 94 valence electrons. The maximum atomic E-state index is 5.45. The molecule has 0 aromatic carbocycles. The number of hydrogen-bond donors (Lipinski definition) is 1. The number of ether oxygens (including phenoxy) is 1. The van der Waals surface area contributed by atoms with Crippen LogP contribution in [0.1, 0.15) is 52.4 Å². The van der Waals surface area contributed by atoms with Crippen LogP contribution in [0.5, 0.6) is 0 Å². The van der Waals surface area contributed by atoms with E-state index in [2.05, 4.69) is 19.2 Å². The van der Waals surface area contributed by atoms with Gasteiger partial charge in [0, 0.05) is 19.7 Å². The largest absolute Gasteiger partial charge is 0.377 e. The molecule has 2 aliphatic carbocycles. The topological polar surface area (TPSA) is 21.3 Å². The number of hydrogen-bond acceptors (Lipinski definition) is 2.